The largest absolute Gasteiger partial charge is 0.242 e. The highest BCUT2D eigenvalue weighted by Gasteiger charge is 1.85. The van der Waals surface area contributed by atoms with Crippen LogP contribution in [0.25, 0.3) is 0 Å². The van der Waals surface area contributed by atoms with Gasteiger partial charge in [-0.3, -0.25) is 0 Å². The normalized spacial score (nSPS) is 9.25. The molecule has 24 heavy (non-hydrogen) atoms. The average Bonchev–Trinajstić information content (AvgIpc) is 2.47. The van der Waals surface area contributed by atoms with Crippen molar-refractivity contribution in [3.63, 3.8) is 0 Å². The lowest BCUT2D eigenvalue weighted by Crippen LogP contribution is -1.91. The fraction of sp³-hybridized carbons (Fsp3) is 0.353. The predicted octanol–water partition coefficient (Wildman–Crippen LogP) is 2.68. The lowest BCUT2D eigenvalue weighted by Gasteiger charge is -1.89. The van der Waals surface area contributed by atoms with Crippen molar-refractivity contribution in [3.8, 4) is 0 Å². The number of hydrogen-bond donors (Lipinski definition) is 0. The zero-order valence-corrected chi connectivity index (χ0v) is 15.0. The highest BCUT2D eigenvalue weighted by atomic mass is 15.0. The Kier molecular flexibility index (Phi) is 8.04. The van der Waals surface area contributed by atoms with E-state index in [1.54, 1.807) is 12.4 Å². The van der Waals surface area contributed by atoms with E-state index in [0.29, 0.717) is 0 Å². The van der Waals surface area contributed by atoms with Crippen LogP contribution in [-0.2, 0) is 0 Å². The molecule has 0 atom stereocenters. The molecule has 7 nitrogen and oxygen atoms in total. The maximum atomic E-state index is 4.06. The van der Waals surface area contributed by atoms with Crippen molar-refractivity contribution >= 4 is 0 Å². The second kappa shape index (κ2) is 10.0. The maximum Gasteiger partial charge on any atom is 0.129 e. The second-order valence-electron chi connectivity index (χ2n) is 5.07. The van der Waals surface area contributed by atoms with Crippen molar-refractivity contribution in [2.45, 2.75) is 41.5 Å². The molecule has 3 aromatic heterocycles. The van der Waals surface area contributed by atoms with Gasteiger partial charge >= 0.3 is 0 Å². The quantitative estimate of drug-likeness (QED) is 0.627. The smallest absolute Gasteiger partial charge is 0.129 e. The molecule has 0 aromatic carbocycles. The van der Waals surface area contributed by atoms with Gasteiger partial charge in [0, 0.05) is 23.8 Å². The molecule has 7 heteroatoms. The van der Waals surface area contributed by atoms with E-state index in [-0.39, 0.29) is 0 Å². The molecular formula is C17H23N7. The van der Waals surface area contributed by atoms with Crippen LogP contribution in [0.3, 0.4) is 0 Å². The Hall–Kier alpha value is -2.83. The van der Waals surface area contributed by atoms with E-state index in [2.05, 4.69) is 34.9 Å². The van der Waals surface area contributed by atoms with E-state index in [9.17, 15) is 0 Å². The van der Waals surface area contributed by atoms with Gasteiger partial charge in [0.1, 0.15) is 29.6 Å². The van der Waals surface area contributed by atoms with Crippen molar-refractivity contribution in [1.82, 2.24) is 34.9 Å². The Morgan fingerprint density at radius 2 is 0.875 bits per heavy atom. The van der Waals surface area contributed by atoms with E-state index in [1.807, 2.05) is 53.7 Å². The molecule has 0 aliphatic carbocycles. The minimum Gasteiger partial charge on any atom is -0.242 e. The van der Waals surface area contributed by atoms with Crippen LogP contribution in [0.4, 0.5) is 0 Å². The molecule has 0 radical (unpaired) electrons. The van der Waals surface area contributed by atoms with Crippen LogP contribution in [0.15, 0.2) is 30.9 Å². The molecule has 0 fully saturated rings. The Bertz CT molecular complexity index is 604. The summed E-state index contributed by atoms with van der Waals surface area (Å²) in [5.74, 6) is 3.23. The highest BCUT2D eigenvalue weighted by Crippen LogP contribution is 1.89. The number of rotatable bonds is 0. The first kappa shape index (κ1) is 19.2. The first-order chi connectivity index (χ1) is 11.4. The third kappa shape index (κ3) is 8.57. The fourth-order valence-corrected chi connectivity index (χ4v) is 1.64. The van der Waals surface area contributed by atoms with Crippen LogP contribution in [0, 0.1) is 41.5 Å². The zero-order chi connectivity index (χ0) is 17.9. The minimum atomic E-state index is 0.775. The van der Waals surface area contributed by atoms with E-state index in [4.69, 9.17) is 0 Å². The summed E-state index contributed by atoms with van der Waals surface area (Å²) in [5.41, 5.74) is 2.05. The van der Waals surface area contributed by atoms with E-state index >= 15 is 0 Å². The van der Waals surface area contributed by atoms with Crippen LogP contribution in [0.5, 0.6) is 0 Å². The van der Waals surface area contributed by atoms with Crippen molar-refractivity contribution in [2.24, 2.45) is 0 Å². The lowest BCUT2D eigenvalue weighted by molar-refractivity contribution is 0.920. The van der Waals surface area contributed by atoms with Crippen molar-refractivity contribution < 1.29 is 0 Å². The van der Waals surface area contributed by atoms with Gasteiger partial charge in [-0.2, -0.15) is 0 Å². The minimum absolute atomic E-state index is 0.775. The Labute approximate surface area is 142 Å². The SMILES string of the molecule is Cc1ccnc(C)n1.Cc1ccnc(C)n1.Cc1ncnc(C)n1. The van der Waals surface area contributed by atoms with Crippen LogP contribution in [-0.4, -0.2) is 34.9 Å². The topological polar surface area (TPSA) is 90.2 Å². The summed E-state index contributed by atoms with van der Waals surface area (Å²) in [7, 11) is 0. The number of nitrogens with zero attached hydrogens (tertiary/aromatic N) is 7. The van der Waals surface area contributed by atoms with Crippen LogP contribution < -0.4 is 0 Å². The summed E-state index contributed by atoms with van der Waals surface area (Å²) in [5, 5.41) is 0. The summed E-state index contributed by atoms with van der Waals surface area (Å²) >= 11 is 0. The fourth-order valence-electron chi connectivity index (χ4n) is 1.64. The summed E-state index contributed by atoms with van der Waals surface area (Å²) in [6.07, 6.45) is 5.03. The third-order valence-electron chi connectivity index (χ3n) is 2.64. The first-order valence-electron chi connectivity index (χ1n) is 7.51. The van der Waals surface area contributed by atoms with Gasteiger partial charge in [-0.25, -0.2) is 34.9 Å². The predicted molar refractivity (Wildman–Crippen MR) is 92.3 cm³/mol. The summed E-state index contributed by atoms with van der Waals surface area (Å²) in [4.78, 5) is 27.6. The Morgan fingerprint density at radius 1 is 0.500 bits per heavy atom. The van der Waals surface area contributed by atoms with Gasteiger partial charge in [0.05, 0.1) is 0 Å². The molecule has 0 aliphatic rings. The Balaban J connectivity index is 0.000000180. The molecule has 0 spiro atoms. The zero-order valence-electron chi connectivity index (χ0n) is 15.0. The molecule has 0 aliphatic heterocycles. The number of aromatic nitrogens is 7. The molecule has 0 saturated heterocycles. The second-order valence-corrected chi connectivity index (χ2v) is 5.07. The molecule has 0 bridgehead atoms. The molecular weight excluding hydrogens is 302 g/mol. The van der Waals surface area contributed by atoms with Crippen LogP contribution in [0.2, 0.25) is 0 Å². The van der Waals surface area contributed by atoms with Crippen molar-refractivity contribution in [2.75, 3.05) is 0 Å². The van der Waals surface area contributed by atoms with Crippen LogP contribution in [0.1, 0.15) is 34.7 Å². The van der Waals surface area contributed by atoms with Gasteiger partial charge in [0.2, 0.25) is 0 Å². The molecule has 3 aromatic rings. The molecule has 0 unspecified atom stereocenters. The molecule has 126 valence electrons. The van der Waals surface area contributed by atoms with Gasteiger partial charge < -0.3 is 0 Å². The van der Waals surface area contributed by atoms with Crippen molar-refractivity contribution in [3.05, 3.63) is 65.5 Å². The van der Waals surface area contributed by atoms with E-state index < -0.39 is 0 Å². The lowest BCUT2D eigenvalue weighted by atomic mass is 10.4. The summed E-state index contributed by atoms with van der Waals surface area (Å²) in [6.45, 7) is 11.4. The molecule has 0 N–H and O–H groups in total. The molecule has 3 heterocycles. The number of aryl methyl sites for hydroxylation is 6. The molecule has 0 saturated carbocycles. The molecule has 0 amide bonds. The highest BCUT2D eigenvalue weighted by molar-refractivity contribution is 4.98. The van der Waals surface area contributed by atoms with Gasteiger partial charge in [-0.05, 0) is 53.7 Å². The molecule has 3 rings (SSSR count). The third-order valence-corrected chi connectivity index (χ3v) is 2.64. The van der Waals surface area contributed by atoms with E-state index in [0.717, 1.165) is 34.7 Å². The average molecular weight is 325 g/mol. The van der Waals surface area contributed by atoms with Crippen molar-refractivity contribution in [1.29, 1.82) is 0 Å². The van der Waals surface area contributed by atoms with E-state index in [1.165, 1.54) is 6.33 Å². The van der Waals surface area contributed by atoms with Gasteiger partial charge in [0.25, 0.3) is 0 Å². The van der Waals surface area contributed by atoms with Gasteiger partial charge in [-0.15, -0.1) is 0 Å². The van der Waals surface area contributed by atoms with Gasteiger partial charge in [0.15, 0.2) is 0 Å². The monoisotopic (exact) mass is 325 g/mol. The standard InChI is InChI=1S/2C6H8N2.C5H7N3/c2*1-5-3-4-7-6(2)8-5;1-4-6-3-7-5(2)8-4/h2*3-4H,1-2H3;3H,1-2H3. The number of hydrogen-bond acceptors (Lipinski definition) is 7. The van der Waals surface area contributed by atoms with Crippen LogP contribution >= 0.6 is 0 Å². The Morgan fingerprint density at radius 3 is 1.08 bits per heavy atom. The maximum absolute atomic E-state index is 4.06. The summed E-state index contributed by atoms with van der Waals surface area (Å²) < 4.78 is 0. The summed E-state index contributed by atoms with van der Waals surface area (Å²) in [6, 6.07) is 3.76. The van der Waals surface area contributed by atoms with Gasteiger partial charge in [-0.1, -0.05) is 0 Å². The first-order valence-corrected chi connectivity index (χ1v) is 7.51.